The Labute approximate surface area is 179 Å². The first-order valence-corrected chi connectivity index (χ1v) is 10.6. The average Bonchev–Trinajstić information content (AvgIpc) is 3.19. The lowest BCUT2D eigenvalue weighted by molar-refractivity contribution is 0.293. The quantitative estimate of drug-likeness (QED) is 0.529. The van der Waals surface area contributed by atoms with E-state index in [1.54, 1.807) is 0 Å². The van der Waals surface area contributed by atoms with Gasteiger partial charge in [-0.1, -0.05) is 28.1 Å². The topological polar surface area (TPSA) is 29.4 Å². The summed E-state index contributed by atoms with van der Waals surface area (Å²) >= 11 is 9.28. The summed E-state index contributed by atoms with van der Waals surface area (Å²) in [7, 11) is 0. The number of thiocarbonyl (C=S) groups is 1. The van der Waals surface area contributed by atoms with Gasteiger partial charge in [-0.3, -0.25) is 0 Å². The Bertz CT molecular complexity index is 953. The fourth-order valence-electron chi connectivity index (χ4n) is 3.59. The van der Waals surface area contributed by atoms with E-state index in [0.717, 1.165) is 34.1 Å². The molecule has 0 bridgehead atoms. The SMILES string of the molecule is CCOc1ccc([C@@H]2c3cccn3CCN2C(=S)Nc2ccc(Br)cc2)cc1. The molecule has 2 aromatic carbocycles. The molecule has 28 heavy (non-hydrogen) atoms. The van der Waals surface area contributed by atoms with Gasteiger partial charge in [0, 0.05) is 35.1 Å². The molecule has 1 aromatic heterocycles. The number of benzene rings is 2. The van der Waals surface area contributed by atoms with Crippen LogP contribution in [0.3, 0.4) is 0 Å². The normalized spacial score (nSPS) is 15.8. The van der Waals surface area contributed by atoms with E-state index in [-0.39, 0.29) is 6.04 Å². The van der Waals surface area contributed by atoms with Crippen LogP contribution in [0.4, 0.5) is 5.69 Å². The standard InChI is InChI=1S/C22H22BrN3OS/c1-2-27-19-11-5-16(6-12-19)21-20-4-3-13-25(20)14-15-26(21)22(28)24-18-9-7-17(23)8-10-18/h3-13,21H,2,14-15H2,1H3,(H,24,28)/t21-/m1/s1. The Hall–Kier alpha value is -2.31. The molecule has 2 heterocycles. The van der Waals surface area contributed by atoms with Gasteiger partial charge in [-0.05, 0) is 73.2 Å². The molecule has 0 spiro atoms. The van der Waals surface area contributed by atoms with Crippen molar-refractivity contribution in [2.45, 2.75) is 19.5 Å². The zero-order valence-corrected chi connectivity index (χ0v) is 18.0. The molecule has 0 amide bonds. The molecule has 6 heteroatoms. The maximum Gasteiger partial charge on any atom is 0.174 e. The lowest BCUT2D eigenvalue weighted by Crippen LogP contribution is -2.44. The summed E-state index contributed by atoms with van der Waals surface area (Å²) in [6.07, 6.45) is 2.14. The molecule has 0 unspecified atom stereocenters. The molecule has 1 N–H and O–H groups in total. The second-order valence-electron chi connectivity index (χ2n) is 6.66. The number of halogens is 1. The predicted molar refractivity (Wildman–Crippen MR) is 121 cm³/mol. The van der Waals surface area contributed by atoms with Gasteiger partial charge in [-0.2, -0.15) is 0 Å². The highest BCUT2D eigenvalue weighted by molar-refractivity contribution is 9.10. The van der Waals surface area contributed by atoms with Crippen LogP contribution in [-0.4, -0.2) is 27.7 Å². The predicted octanol–water partition coefficient (Wildman–Crippen LogP) is 5.45. The number of rotatable bonds is 4. The number of nitrogens with zero attached hydrogens (tertiary/aromatic N) is 2. The van der Waals surface area contributed by atoms with Crippen molar-refractivity contribution in [1.29, 1.82) is 0 Å². The largest absolute Gasteiger partial charge is 0.494 e. The zero-order chi connectivity index (χ0) is 19.5. The van der Waals surface area contributed by atoms with Crippen molar-refractivity contribution in [1.82, 2.24) is 9.47 Å². The van der Waals surface area contributed by atoms with Crippen LogP contribution in [0.2, 0.25) is 0 Å². The molecule has 1 aliphatic rings. The van der Waals surface area contributed by atoms with Crippen LogP contribution in [0.5, 0.6) is 5.75 Å². The lowest BCUT2D eigenvalue weighted by Gasteiger charge is -2.39. The first kappa shape index (κ1) is 19.0. The highest BCUT2D eigenvalue weighted by Crippen LogP contribution is 2.34. The molecule has 1 atom stereocenters. The van der Waals surface area contributed by atoms with Crippen LogP contribution < -0.4 is 10.1 Å². The van der Waals surface area contributed by atoms with Gasteiger partial charge in [0.1, 0.15) is 5.75 Å². The van der Waals surface area contributed by atoms with Crippen molar-refractivity contribution in [2.24, 2.45) is 0 Å². The van der Waals surface area contributed by atoms with Crippen molar-refractivity contribution >= 4 is 38.9 Å². The molecule has 0 fully saturated rings. The van der Waals surface area contributed by atoms with Crippen molar-refractivity contribution in [2.75, 3.05) is 18.5 Å². The number of aromatic nitrogens is 1. The molecule has 0 aliphatic carbocycles. The summed E-state index contributed by atoms with van der Waals surface area (Å²) in [5.41, 5.74) is 3.43. The molecule has 144 valence electrons. The molecule has 4 rings (SSSR count). The fraction of sp³-hybridized carbons (Fsp3) is 0.227. The molecule has 0 radical (unpaired) electrons. The number of hydrogen-bond acceptors (Lipinski definition) is 2. The summed E-state index contributed by atoms with van der Waals surface area (Å²) in [6.45, 7) is 4.43. The van der Waals surface area contributed by atoms with Gasteiger partial charge in [0.05, 0.1) is 12.6 Å². The number of fused-ring (bicyclic) bond motifs is 1. The van der Waals surface area contributed by atoms with Crippen LogP contribution in [0, 0.1) is 0 Å². The fourth-order valence-corrected chi connectivity index (χ4v) is 4.17. The van der Waals surface area contributed by atoms with Crippen molar-refractivity contribution in [3.63, 3.8) is 0 Å². The van der Waals surface area contributed by atoms with Crippen LogP contribution in [0.15, 0.2) is 71.3 Å². The van der Waals surface area contributed by atoms with Crippen molar-refractivity contribution < 1.29 is 4.74 Å². The Kier molecular flexibility index (Phi) is 5.69. The Morgan fingerprint density at radius 2 is 1.86 bits per heavy atom. The highest BCUT2D eigenvalue weighted by Gasteiger charge is 2.30. The van der Waals surface area contributed by atoms with Gasteiger partial charge in [-0.25, -0.2) is 0 Å². The van der Waals surface area contributed by atoms with E-state index in [2.05, 4.69) is 61.2 Å². The number of nitrogens with one attached hydrogen (secondary N) is 1. The zero-order valence-electron chi connectivity index (χ0n) is 15.6. The van der Waals surface area contributed by atoms with Gasteiger partial charge in [0.25, 0.3) is 0 Å². The van der Waals surface area contributed by atoms with Gasteiger partial charge in [0.15, 0.2) is 5.11 Å². The Balaban J connectivity index is 1.63. The van der Waals surface area contributed by atoms with Gasteiger partial charge >= 0.3 is 0 Å². The smallest absolute Gasteiger partial charge is 0.174 e. The maximum atomic E-state index is 5.81. The van der Waals surface area contributed by atoms with Crippen molar-refractivity contribution in [3.8, 4) is 5.75 Å². The molecular formula is C22H22BrN3OS. The third-order valence-corrected chi connectivity index (χ3v) is 5.77. The summed E-state index contributed by atoms with van der Waals surface area (Å²) in [6, 6.07) is 20.7. The number of hydrogen-bond donors (Lipinski definition) is 1. The second kappa shape index (κ2) is 8.37. The highest BCUT2D eigenvalue weighted by atomic mass is 79.9. The van der Waals surface area contributed by atoms with E-state index in [1.807, 2.05) is 43.3 Å². The molecule has 3 aromatic rings. The first-order valence-electron chi connectivity index (χ1n) is 9.36. The minimum atomic E-state index is 0.0647. The third-order valence-electron chi connectivity index (χ3n) is 4.90. The number of anilines is 1. The molecule has 0 saturated carbocycles. The van der Waals surface area contributed by atoms with Crippen molar-refractivity contribution in [3.05, 3.63) is 82.6 Å². The summed E-state index contributed by atoms with van der Waals surface area (Å²) in [4.78, 5) is 2.27. The van der Waals surface area contributed by atoms with E-state index in [4.69, 9.17) is 17.0 Å². The van der Waals surface area contributed by atoms with Gasteiger partial charge in [-0.15, -0.1) is 0 Å². The van der Waals surface area contributed by atoms with E-state index in [1.165, 1.54) is 11.3 Å². The molecule has 0 saturated heterocycles. The van der Waals surface area contributed by atoms with Crippen LogP contribution >= 0.6 is 28.1 Å². The van der Waals surface area contributed by atoms with Gasteiger partial charge < -0.3 is 19.5 Å². The molecule has 4 nitrogen and oxygen atoms in total. The number of ether oxygens (including phenoxy) is 1. The average molecular weight is 456 g/mol. The minimum absolute atomic E-state index is 0.0647. The molecule has 1 aliphatic heterocycles. The Morgan fingerprint density at radius 1 is 1.11 bits per heavy atom. The summed E-state index contributed by atoms with van der Waals surface area (Å²) in [5.74, 6) is 0.888. The van der Waals surface area contributed by atoms with Crippen LogP contribution in [0.1, 0.15) is 24.2 Å². The van der Waals surface area contributed by atoms with Gasteiger partial charge in [0.2, 0.25) is 0 Å². The van der Waals surface area contributed by atoms with Crippen LogP contribution in [-0.2, 0) is 6.54 Å². The summed E-state index contributed by atoms with van der Waals surface area (Å²) in [5, 5.41) is 4.13. The maximum absolute atomic E-state index is 5.81. The van der Waals surface area contributed by atoms with E-state index >= 15 is 0 Å². The molecular weight excluding hydrogens is 434 g/mol. The van der Waals surface area contributed by atoms with E-state index < -0.39 is 0 Å². The first-order chi connectivity index (χ1) is 13.7. The summed E-state index contributed by atoms with van der Waals surface area (Å²) < 4.78 is 8.96. The van der Waals surface area contributed by atoms with Crippen LogP contribution in [0.25, 0.3) is 0 Å². The van der Waals surface area contributed by atoms with E-state index in [9.17, 15) is 0 Å². The second-order valence-corrected chi connectivity index (χ2v) is 7.96. The third kappa shape index (κ3) is 3.93. The monoisotopic (exact) mass is 455 g/mol. The lowest BCUT2D eigenvalue weighted by atomic mass is 10.00. The minimum Gasteiger partial charge on any atom is -0.494 e. The Morgan fingerprint density at radius 3 is 2.57 bits per heavy atom. The van der Waals surface area contributed by atoms with E-state index in [0.29, 0.717) is 6.61 Å².